The number of anilines is 1. The van der Waals surface area contributed by atoms with E-state index in [1.807, 2.05) is 30.3 Å². The number of hydrogen-bond acceptors (Lipinski definition) is 5. The third-order valence-corrected chi connectivity index (χ3v) is 4.88. The van der Waals surface area contributed by atoms with Crippen molar-refractivity contribution in [3.05, 3.63) is 101 Å². The number of pyridine rings is 1. The summed E-state index contributed by atoms with van der Waals surface area (Å²) in [7, 11) is 0. The Morgan fingerprint density at radius 3 is 2.39 bits per heavy atom. The van der Waals surface area contributed by atoms with Crippen molar-refractivity contribution in [2.45, 2.75) is 12.5 Å². The fraction of sp³-hybridized carbons (Fsp3) is 0.125. The largest absolute Gasteiger partial charge is 0.354 e. The van der Waals surface area contributed by atoms with Crippen molar-refractivity contribution < 1.29 is 4.39 Å². The van der Waals surface area contributed by atoms with Gasteiger partial charge in [-0.15, -0.1) is 0 Å². The van der Waals surface area contributed by atoms with Crippen molar-refractivity contribution in [2.24, 2.45) is 5.73 Å². The van der Waals surface area contributed by atoms with E-state index in [1.165, 1.54) is 12.1 Å². The number of nitrogens with one attached hydrogen (secondary N) is 2. The second-order valence-electron chi connectivity index (χ2n) is 7.21. The summed E-state index contributed by atoms with van der Waals surface area (Å²) in [6, 6.07) is 19.1. The topological polar surface area (TPSA) is 96.7 Å². The fourth-order valence-corrected chi connectivity index (χ4v) is 3.38. The molecule has 31 heavy (non-hydrogen) atoms. The molecule has 0 saturated heterocycles. The number of aromatic nitrogens is 3. The first-order valence-electron chi connectivity index (χ1n) is 9.94. The highest BCUT2D eigenvalue weighted by Crippen LogP contribution is 2.28. The Kier molecular flexibility index (Phi) is 6.14. The zero-order valence-corrected chi connectivity index (χ0v) is 16.8. The molecule has 0 fully saturated rings. The Balaban J connectivity index is 1.63. The van der Waals surface area contributed by atoms with Crippen LogP contribution in [0.5, 0.6) is 0 Å². The van der Waals surface area contributed by atoms with Crippen LogP contribution in [0.1, 0.15) is 5.56 Å². The summed E-state index contributed by atoms with van der Waals surface area (Å²) >= 11 is 0. The third kappa shape index (κ3) is 5.02. The first-order valence-corrected chi connectivity index (χ1v) is 9.94. The molecule has 2 aromatic heterocycles. The molecule has 4 aromatic rings. The van der Waals surface area contributed by atoms with Crippen LogP contribution in [0.2, 0.25) is 0 Å². The van der Waals surface area contributed by atoms with Crippen molar-refractivity contribution in [3.63, 3.8) is 0 Å². The minimum absolute atomic E-state index is 0.158. The molecule has 0 amide bonds. The van der Waals surface area contributed by atoms with Crippen LogP contribution in [-0.4, -0.2) is 27.5 Å². The second-order valence-corrected chi connectivity index (χ2v) is 7.21. The maximum Gasteiger partial charge on any atom is 0.260 e. The lowest BCUT2D eigenvalue weighted by atomic mass is 10.0. The molecule has 0 saturated carbocycles. The van der Waals surface area contributed by atoms with Gasteiger partial charge in [0.1, 0.15) is 5.82 Å². The van der Waals surface area contributed by atoms with Gasteiger partial charge in [0.05, 0.1) is 11.3 Å². The van der Waals surface area contributed by atoms with Crippen LogP contribution >= 0.6 is 0 Å². The molecule has 0 aliphatic rings. The predicted octanol–water partition coefficient (Wildman–Crippen LogP) is 3.62. The highest BCUT2D eigenvalue weighted by molar-refractivity contribution is 5.80. The number of rotatable bonds is 7. The van der Waals surface area contributed by atoms with Crippen LogP contribution in [0.15, 0.2) is 83.9 Å². The quantitative estimate of drug-likeness (QED) is 0.428. The third-order valence-electron chi connectivity index (χ3n) is 4.88. The lowest BCUT2D eigenvalue weighted by Crippen LogP contribution is -2.32. The molecular formula is C24H22FN5O. The fourth-order valence-electron chi connectivity index (χ4n) is 3.38. The van der Waals surface area contributed by atoms with Crippen molar-refractivity contribution in [1.82, 2.24) is 15.0 Å². The lowest BCUT2D eigenvalue weighted by Gasteiger charge is -2.15. The molecule has 1 unspecified atom stereocenters. The van der Waals surface area contributed by atoms with Crippen molar-refractivity contribution >= 4 is 5.95 Å². The standard InChI is InChI=1S/C24H22FN5O/c25-19-8-6-17(7-9-19)21-22(18-10-12-27-13-11-18)29-24(30-23(21)31)28-15-20(26)14-16-4-2-1-3-5-16/h1-13,20H,14-15,26H2,(H2,28,29,30,31). The molecule has 2 heterocycles. The van der Waals surface area contributed by atoms with Crippen LogP contribution in [0, 0.1) is 5.82 Å². The molecule has 1 atom stereocenters. The van der Waals surface area contributed by atoms with E-state index in [-0.39, 0.29) is 17.4 Å². The van der Waals surface area contributed by atoms with Gasteiger partial charge in [-0.1, -0.05) is 42.5 Å². The maximum absolute atomic E-state index is 13.4. The molecule has 0 radical (unpaired) electrons. The van der Waals surface area contributed by atoms with E-state index in [0.29, 0.717) is 35.7 Å². The number of hydrogen-bond donors (Lipinski definition) is 3. The van der Waals surface area contributed by atoms with Crippen LogP contribution in [-0.2, 0) is 6.42 Å². The predicted molar refractivity (Wildman–Crippen MR) is 120 cm³/mol. The Morgan fingerprint density at radius 2 is 1.68 bits per heavy atom. The molecule has 0 spiro atoms. The Morgan fingerprint density at radius 1 is 0.968 bits per heavy atom. The summed E-state index contributed by atoms with van der Waals surface area (Å²) in [5.74, 6) is -0.0459. The van der Waals surface area contributed by atoms with E-state index >= 15 is 0 Å². The molecule has 0 bridgehead atoms. The normalized spacial score (nSPS) is 11.8. The zero-order valence-electron chi connectivity index (χ0n) is 16.8. The van der Waals surface area contributed by atoms with E-state index in [2.05, 4.69) is 20.3 Å². The van der Waals surface area contributed by atoms with Crippen LogP contribution in [0.3, 0.4) is 0 Å². The first kappa shape index (κ1) is 20.4. The summed E-state index contributed by atoms with van der Waals surface area (Å²) in [5, 5.41) is 3.14. The van der Waals surface area contributed by atoms with Crippen molar-refractivity contribution in [2.75, 3.05) is 11.9 Å². The van der Waals surface area contributed by atoms with E-state index in [9.17, 15) is 9.18 Å². The van der Waals surface area contributed by atoms with E-state index in [0.717, 1.165) is 11.1 Å². The van der Waals surface area contributed by atoms with Gasteiger partial charge in [-0.25, -0.2) is 9.37 Å². The van der Waals surface area contributed by atoms with E-state index in [1.54, 1.807) is 36.7 Å². The minimum Gasteiger partial charge on any atom is -0.354 e. The molecule has 156 valence electrons. The number of H-pyrrole nitrogens is 1. The average molecular weight is 415 g/mol. The monoisotopic (exact) mass is 415 g/mol. The van der Waals surface area contributed by atoms with Crippen LogP contribution in [0.25, 0.3) is 22.4 Å². The number of halogens is 1. The van der Waals surface area contributed by atoms with E-state index in [4.69, 9.17) is 5.73 Å². The smallest absolute Gasteiger partial charge is 0.260 e. The summed E-state index contributed by atoms with van der Waals surface area (Å²) in [5.41, 5.74) is 9.23. The molecule has 7 heteroatoms. The minimum atomic E-state index is -0.371. The molecule has 2 aromatic carbocycles. The lowest BCUT2D eigenvalue weighted by molar-refractivity contribution is 0.628. The van der Waals surface area contributed by atoms with Crippen molar-refractivity contribution in [3.8, 4) is 22.4 Å². The summed E-state index contributed by atoms with van der Waals surface area (Å²) < 4.78 is 13.4. The van der Waals surface area contributed by atoms with Crippen molar-refractivity contribution in [1.29, 1.82) is 0 Å². The van der Waals surface area contributed by atoms with Gasteiger partial charge in [0, 0.05) is 30.5 Å². The number of nitrogens with zero attached hydrogens (tertiary/aromatic N) is 2. The van der Waals surface area contributed by atoms with Crippen LogP contribution < -0.4 is 16.6 Å². The number of benzene rings is 2. The van der Waals surface area contributed by atoms with Gasteiger partial charge in [0.2, 0.25) is 5.95 Å². The summed E-state index contributed by atoms with van der Waals surface area (Å²) in [6.45, 7) is 0.434. The molecule has 0 aliphatic carbocycles. The zero-order chi connectivity index (χ0) is 21.6. The summed E-state index contributed by atoms with van der Waals surface area (Å²) in [6.07, 6.45) is 3.97. The molecular weight excluding hydrogens is 393 g/mol. The Labute approximate surface area is 179 Å². The van der Waals surface area contributed by atoms with Gasteiger partial charge in [0.15, 0.2) is 0 Å². The van der Waals surface area contributed by atoms with Gasteiger partial charge in [-0.05, 0) is 41.8 Å². The van der Waals surface area contributed by atoms with E-state index < -0.39 is 0 Å². The van der Waals surface area contributed by atoms with Gasteiger partial charge in [-0.2, -0.15) is 0 Å². The second kappa shape index (κ2) is 9.32. The van der Waals surface area contributed by atoms with Crippen LogP contribution in [0.4, 0.5) is 10.3 Å². The molecule has 6 nitrogen and oxygen atoms in total. The van der Waals surface area contributed by atoms with Gasteiger partial charge in [-0.3, -0.25) is 14.8 Å². The first-order chi connectivity index (χ1) is 15.1. The van der Waals surface area contributed by atoms with Gasteiger partial charge in [0.25, 0.3) is 5.56 Å². The number of aromatic amines is 1. The highest BCUT2D eigenvalue weighted by atomic mass is 19.1. The maximum atomic E-state index is 13.4. The average Bonchev–Trinajstić information content (AvgIpc) is 2.79. The summed E-state index contributed by atoms with van der Waals surface area (Å²) in [4.78, 5) is 24.4. The molecule has 4 N–H and O–H groups in total. The number of nitrogens with two attached hydrogens (primary N) is 1. The van der Waals surface area contributed by atoms with Gasteiger partial charge >= 0.3 is 0 Å². The SMILES string of the molecule is NC(CNc1nc(-c2ccncc2)c(-c2ccc(F)cc2)c(=O)[nH]1)Cc1ccccc1. The Bertz CT molecular complexity index is 1190. The Hall–Kier alpha value is -3.84. The highest BCUT2D eigenvalue weighted by Gasteiger charge is 2.16. The van der Waals surface area contributed by atoms with Gasteiger partial charge < -0.3 is 11.1 Å². The molecule has 0 aliphatic heterocycles. The molecule has 4 rings (SSSR count).